The van der Waals surface area contributed by atoms with Gasteiger partial charge < -0.3 is 0 Å². The molecule has 0 radical (unpaired) electrons. The lowest BCUT2D eigenvalue weighted by atomic mass is 9.79. The zero-order chi connectivity index (χ0) is 24.5. The van der Waals surface area contributed by atoms with Gasteiger partial charge in [0.25, 0.3) is 0 Å². The molecular weight excluding hydrogens is 408 g/mol. The minimum Gasteiger partial charge on any atom is -0.0807 e. The Balaban J connectivity index is 2.25. The third-order valence-electron chi connectivity index (χ3n) is 6.88. The van der Waals surface area contributed by atoms with E-state index in [2.05, 4.69) is 131 Å². The van der Waals surface area contributed by atoms with Crippen molar-refractivity contribution in [2.75, 3.05) is 0 Å². The van der Waals surface area contributed by atoms with Crippen molar-refractivity contribution in [1.82, 2.24) is 0 Å². The fourth-order valence-electron chi connectivity index (χ4n) is 4.57. The Morgan fingerprint density at radius 3 is 2.18 bits per heavy atom. The highest BCUT2D eigenvalue weighted by Crippen LogP contribution is 2.44. The summed E-state index contributed by atoms with van der Waals surface area (Å²) >= 11 is 0. The summed E-state index contributed by atoms with van der Waals surface area (Å²) in [4.78, 5) is 0. The van der Waals surface area contributed by atoms with Crippen LogP contribution in [-0.4, -0.2) is 0 Å². The Labute approximate surface area is 210 Å². The fourth-order valence-corrected chi connectivity index (χ4v) is 4.57. The molecule has 1 fully saturated rings. The van der Waals surface area contributed by atoms with Gasteiger partial charge in [-0.25, -0.2) is 0 Å². The molecule has 0 spiro atoms. The Morgan fingerprint density at radius 1 is 0.794 bits per heavy atom. The molecule has 1 saturated carbocycles. The van der Waals surface area contributed by atoms with Gasteiger partial charge in [0, 0.05) is 0 Å². The third kappa shape index (κ3) is 10.6. The van der Waals surface area contributed by atoms with Crippen molar-refractivity contribution >= 4 is 0 Å². The third-order valence-corrected chi connectivity index (χ3v) is 6.88. The lowest BCUT2D eigenvalue weighted by Gasteiger charge is -2.25. The Kier molecular flexibility index (Phi) is 13.1. The Hall–Kier alpha value is -2.60. The van der Waals surface area contributed by atoms with Crippen molar-refractivity contribution in [3.8, 4) is 0 Å². The standard InChI is InChI=1S/C34H46/c1-5-6-23-31(3)32-24-17-13-8-7-9-15-19-26-33(34(4)27-20-21-28-34)29-30(2)22-16-12-10-11-14-18-25-32/h7-8,10-19,22,24-26,29,31H,5-6,9,20-21,23,27-28H2,1-4H3/b8-7+,12-10+,14-11-,17-13+,19-15+,22-16-,25-18-,30-29-,32-24+,33-26+/t31-/m1/s1. The quantitative estimate of drug-likeness (QED) is 0.387. The van der Waals surface area contributed by atoms with E-state index in [0.717, 1.165) is 6.42 Å². The molecule has 0 aliphatic heterocycles. The van der Waals surface area contributed by atoms with Crippen LogP contribution < -0.4 is 0 Å². The summed E-state index contributed by atoms with van der Waals surface area (Å²) in [5.74, 6) is 0.568. The Morgan fingerprint density at radius 2 is 1.44 bits per heavy atom. The molecule has 0 N–H and O–H groups in total. The average molecular weight is 455 g/mol. The van der Waals surface area contributed by atoms with E-state index in [4.69, 9.17) is 0 Å². The van der Waals surface area contributed by atoms with E-state index in [1.165, 1.54) is 61.7 Å². The van der Waals surface area contributed by atoms with E-state index >= 15 is 0 Å². The second-order valence-electron chi connectivity index (χ2n) is 9.95. The lowest BCUT2D eigenvalue weighted by Crippen LogP contribution is -2.13. The summed E-state index contributed by atoms with van der Waals surface area (Å²) < 4.78 is 0. The molecule has 0 aromatic heterocycles. The zero-order valence-electron chi connectivity index (χ0n) is 22.0. The molecule has 0 bridgehead atoms. The topological polar surface area (TPSA) is 0 Å². The van der Waals surface area contributed by atoms with Gasteiger partial charge in [0.15, 0.2) is 0 Å². The largest absolute Gasteiger partial charge is 0.0807 e. The van der Waals surface area contributed by atoms with Gasteiger partial charge in [-0.15, -0.1) is 0 Å². The second-order valence-corrected chi connectivity index (χ2v) is 9.95. The van der Waals surface area contributed by atoms with Crippen LogP contribution in [0.4, 0.5) is 0 Å². The molecule has 2 aliphatic carbocycles. The molecule has 0 amide bonds. The van der Waals surface area contributed by atoms with Crippen LogP contribution in [0.3, 0.4) is 0 Å². The summed E-state index contributed by atoms with van der Waals surface area (Å²) in [6, 6.07) is 0. The number of unbranched alkanes of at least 4 members (excludes halogenated alkanes) is 1. The van der Waals surface area contributed by atoms with E-state index in [1.807, 2.05) is 0 Å². The predicted molar refractivity (Wildman–Crippen MR) is 154 cm³/mol. The van der Waals surface area contributed by atoms with Crippen LogP contribution in [0.25, 0.3) is 0 Å². The van der Waals surface area contributed by atoms with Crippen LogP contribution in [-0.2, 0) is 0 Å². The summed E-state index contributed by atoms with van der Waals surface area (Å²) in [5.41, 5.74) is 4.45. The molecule has 0 heteroatoms. The highest BCUT2D eigenvalue weighted by atomic mass is 14.4. The molecule has 0 aromatic carbocycles. The van der Waals surface area contributed by atoms with Crippen LogP contribution in [0.1, 0.15) is 79.1 Å². The molecular formula is C34H46. The lowest BCUT2D eigenvalue weighted by molar-refractivity contribution is 0.424. The molecule has 0 heterocycles. The molecule has 182 valence electrons. The minimum atomic E-state index is 0.302. The maximum atomic E-state index is 2.43. The van der Waals surface area contributed by atoms with Crippen LogP contribution in [0.5, 0.6) is 0 Å². The Bertz CT molecular complexity index is 896. The number of hydrogen-bond acceptors (Lipinski definition) is 0. The van der Waals surface area contributed by atoms with Crippen molar-refractivity contribution in [1.29, 1.82) is 0 Å². The van der Waals surface area contributed by atoms with Crippen LogP contribution in [0.2, 0.25) is 0 Å². The van der Waals surface area contributed by atoms with Gasteiger partial charge in [-0.05, 0) is 55.1 Å². The van der Waals surface area contributed by atoms with Crippen LogP contribution >= 0.6 is 0 Å². The first kappa shape index (κ1) is 27.6. The monoisotopic (exact) mass is 454 g/mol. The molecule has 2 aliphatic rings. The van der Waals surface area contributed by atoms with Crippen molar-refractivity contribution < 1.29 is 0 Å². The number of rotatable bonds is 5. The van der Waals surface area contributed by atoms with Gasteiger partial charge in [0.05, 0.1) is 0 Å². The van der Waals surface area contributed by atoms with Crippen LogP contribution in [0.15, 0.2) is 120 Å². The second kappa shape index (κ2) is 16.1. The van der Waals surface area contributed by atoms with Crippen molar-refractivity contribution in [2.45, 2.75) is 79.1 Å². The van der Waals surface area contributed by atoms with E-state index in [-0.39, 0.29) is 0 Å². The molecule has 0 nitrogen and oxygen atoms in total. The van der Waals surface area contributed by atoms with Crippen LogP contribution in [0, 0.1) is 11.3 Å². The molecule has 1 atom stereocenters. The fraction of sp³-hybridized carbons (Fsp3) is 0.412. The van der Waals surface area contributed by atoms with E-state index in [1.54, 1.807) is 0 Å². The number of allylic oxidation sites excluding steroid dienone is 20. The van der Waals surface area contributed by atoms with Gasteiger partial charge in [-0.1, -0.05) is 155 Å². The van der Waals surface area contributed by atoms with E-state index in [9.17, 15) is 0 Å². The van der Waals surface area contributed by atoms with Crippen molar-refractivity contribution in [3.63, 3.8) is 0 Å². The normalized spacial score (nSPS) is 31.7. The first-order chi connectivity index (χ1) is 16.5. The smallest absolute Gasteiger partial charge is 0.00752 e. The molecule has 2 rings (SSSR count). The van der Waals surface area contributed by atoms with Gasteiger partial charge in [0.2, 0.25) is 0 Å². The molecule has 34 heavy (non-hydrogen) atoms. The maximum Gasteiger partial charge on any atom is -0.00752 e. The van der Waals surface area contributed by atoms with Gasteiger partial charge >= 0.3 is 0 Å². The molecule has 0 aromatic rings. The van der Waals surface area contributed by atoms with E-state index in [0.29, 0.717) is 11.3 Å². The average Bonchev–Trinajstić information content (AvgIpc) is 3.27. The summed E-state index contributed by atoms with van der Waals surface area (Å²) in [6.07, 6.45) is 47.3. The highest BCUT2D eigenvalue weighted by Gasteiger charge is 2.31. The number of hydrogen-bond donors (Lipinski definition) is 0. The van der Waals surface area contributed by atoms with Crippen molar-refractivity contribution in [2.24, 2.45) is 11.3 Å². The van der Waals surface area contributed by atoms with E-state index < -0.39 is 0 Å². The summed E-state index contributed by atoms with van der Waals surface area (Å²) in [5, 5.41) is 0. The SMILES string of the molecule is CCCC[C@@H](C)C1=C/C=C/C=C/C/C=C/C=C(C2(C)CCCC2)\C=C(C)/C=C\C=C\C=C/C=C\1. The first-order valence-electron chi connectivity index (χ1n) is 13.3. The summed E-state index contributed by atoms with van der Waals surface area (Å²) in [6.45, 7) is 9.23. The highest BCUT2D eigenvalue weighted by molar-refractivity contribution is 5.37. The maximum absolute atomic E-state index is 2.43. The molecule has 0 saturated heterocycles. The predicted octanol–water partition coefficient (Wildman–Crippen LogP) is 10.5. The summed E-state index contributed by atoms with van der Waals surface area (Å²) in [7, 11) is 0. The minimum absolute atomic E-state index is 0.302. The van der Waals surface area contributed by atoms with Gasteiger partial charge in [-0.3, -0.25) is 0 Å². The van der Waals surface area contributed by atoms with Gasteiger partial charge in [-0.2, -0.15) is 0 Å². The van der Waals surface area contributed by atoms with Crippen molar-refractivity contribution in [3.05, 3.63) is 120 Å². The first-order valence-corrected chi connectivity index (χ1v) is 13.3. The zero-order valence-corrected chi connectivity index (χ0v) is 22.0. The van der Waals surface area contributed by atoms with Gasteiger partial charge in [0.1, 0.15) is 0 Å². The molecule has 0 unspecified atom stereocenters.